The Bertz CT molecular complexity index is 1060. The standard InChI is InChI=1S/C23H28N6O2/c1-5-18-21(15(2)31-27-18)23(30)29-12-6-7-17(14-29)19-13-20(28(3)4)26-22(25-19)16-8-10-24-11-9-16/h8-11,13,17H,5-7,12,14H2,1-4H3/t17-/m1/s1. The third-order valence-corrected chi connectivity index (χ3v) is 5.74. The van der Waals surface area contributed by atoms with Crippen LogP contribution in [0.15, 0.2) is 35.1 Å². The predicted octanol–water partition coefficient (Wildman–Crippen LogP) is 3.48. The Morgan fingerprint density at radius 1 is 1.26 bits per heavy atom. The molecule has 0 radical (unpaired) electrons. The monoisotopic (exact) mass is 420 g/mol. The van der Waals surface area contributed by atoms with Crippen LogP contribution >= 0.6 is 0 Å². The van der Waals surface area contributed by atoms with E-state index >= 15 is 0 Å². The molecule has 8 nitrogen and oxygen atoms in total. The SMILES string of the molecule is CCc1noc(C)c1C(=O)N1CCC[C@@H](c2cc(N(C)C)nc(-c3ccncc3)n2)C1. The largest absolute Gasteiger partial charge is 0.363 e. The average molecular weight is 421 g/mol. The lowest BCUT2D eigenvalue weighted by Crippen LogP contribution is -2.39. The Hall–Kier alpha value is -3.29. The number of hydrogen-bond acceptors (Lipinski definition) is 7. The molecule has 1 amide bonds. The van der Waals surface area contributed by atoms with Crippen molar-refractivity contribution in [1.29, 1.82) is 0 Å². The van der Waals surface area contributed by atoms with Gasteiger partial charge >= 0.3 is 0 Å². The highest BCUT2D eigenvalue weighted by Crippen LogP contribution is 2.30. The van der Waals surface area contributed by atoms with Gasteiger partial charge in [-0.2, -0.15) is 0 Å². The van der Waals surface area contributed by atoms with Crippen LogP contribution < -0.4 is 4.90 Å². The summed E-state index contributed by atoms with van der Waals surface area (Å²) in [5.41, 5.74) is 3.22. The molecule has 3 aromatic rings. The second-order valence-corrected chi connectivity index (χ2v) is 8.11. The summed E-state index contributed by atoms with van der Waals surface area (Å²) in [5.74, 6) is 2.25. The number of carbonyl (C=O) groups is 1. The molecule has 1 aliphatic rings. The number of amides is 1. The van der Waals surface area contributed by atoms with Gasteiger partial charge in [0.25, 0.3) is 5.91 Å². The summed E-state index contributed by atoms with van der Waals surface area (Å²) in [7, 11) is 3.94. The fourth-order valence-corrected chi connectivity index (χ4v) is 4.02. The molecule has 1 aliphatic heterocycles. The summed E-state index contributed by atoms with van der Waals surface area (Å²) in [6.07, 6.45) is 6.06. The maximum atomic E-state index is 13.3. The van der Waals surface area contributed by atoms with E-state index in [2.05, 4.69) is 10.1 Å². The predicted molar refractivity (Wildman–Crippen MR) is 118 cm³/mol. The number of carbonyl (C=O) groups excluding carboxylic acids is 1. The van der Waals surface area contributed by atoms with Gasteiger partial charge in [0, 0.05) is 57.1 Å². The quantitative estimate of drug-likeness (QED) is 0.624. The Labute approximate surface area is 182 Å². The summed E-state index contributed by atoms with van der Waals surface area (Å²) < 4.78 is 5.29. The van der Waals surface area contributed by atoms with Crippen molar-refractivity contribution in [3.8, 4) is 11.4 Å². The molecule has 8 heteroatoms. The van der Waals surface area contributed by atoms with Crippen molar-refractivity contribution < 1.29 is 9.32 Å². The molecule has 1 fully saturated rings. The molecule has 4 heterocycles. The number of piperidine rings is 1. The van der Waals surface area contributed by atoms with E-state index in [1.807, 2.05) is 49.0 Å². The Morgan fingerprint density at radius 3 is 2.74 bits per heavy atom. The van der Waals surface area contributed by atoms with Crippen molar-refractivity contribution >= 4 is 11.7 Å². The van der Waals surface area contributed by atoms with E-state index < -0.39 is 0 Å². The molecule has 31 heavy (non-hydrogen) atoms. The number of anilines is 1. The van der Waals surface area contributed by atoms with Crippen LogP contribution in [0.3, 0.4) is 0 Å². The second-order valence-electron chi connectivity index (χ2n) is 8.11. The van der Waals surface area contributed by atoms with Gasteiger partial charge in [-0.1, -0.05) is 12.1 Å². The van der Waals surface area contributed by atoms with Crippen molar-refractivity contribution in [3.63, 3.8) is 0 Å². The smallest absolute Gasteiger partial charge is 0.259 e. The maximum Gasteiger partial charge on any atom is 0.259 e. The van der Waals surface area contributed by atoms with Crippen LogP contribution in [0.1, 0.15) is 53.2 Å². The number of hydrogen-bond donors (Lipinski definition) is 0. The minimum Gasteiger partial charge on any atom is -0.363 e. The van der Waals surface area contributed by atoms with Crippen LogP contribution in [0.4, 0.5) is 5.82 Å². The molecule has 0 aromatic carbocycles. The van der Waals surface area contributed by atoms with Crippen LogP contribution in [0.2, 0.25) is 0 Å². The van der Waals surface area contributed by atoms with Crippen molar-refractivity contribution in [2.24, 2.45) is 0 Å². The molecule has 1 saturated heterocycles. The lowest BCUT2D eigenvalue weighted by molar-refractivity contribution is 0.0703. The van der Waals surface area contributed by atoms with E-state index in [-0.39, 0.29) is 11.8 Å². The third kappa shape index (κ3) is 4.28. The van der Waals surface area contributed by atoms with Gasteiger partial charge in [0.05, 0.1) is 11.4 Å². The second kappa shape index (κ2) is 8.83. The highest BCUT2D eigenvalue weighted by atomic mass is 16.5. The summed E-state index contributed by atoms with van der Waals surface area (Å²) >= 11 is 0. The summed E-state index contributed by atoms with van der Waals surface area (Å²) in [6.45, 7) is 5.13. The van der Waals surface area contributed by atoms with Crippen molar-refractivity contribution in [2.75, 3.05) is 32.1 Å². The zero-order valence-corrected chi connectivity index (χ0v) is 18.5. The van der Waals surface area contributed by atoms with Crippen LogP contribution in [0, 0.1) is 6.92 Å². The van der Waals surface area contributed by atoms with Gasteiger partial charge in [-0.25, -0.2) is 9.97 Å². The van der Waals surface area contributed by atoms with Crippen LogP contribution in [0.5, 0.6) is 0 Å². The fraction of sp³-hybridized carbons (Fsp3) is 0.435. The van der Waals surface area contributed by atoms with Gasteiger partial charge < -0.3 is 14.3 Å². The van der Waals surface area contributed by atoms with E-state index in [1.54, 1.807) is 19.3 Å². The molecule has 0 saturated carbocycles. The number of rotatable bonds is 5. The normalized spacial score (nSPS) is 16.4. The number of likely N-dealkylation sites (tertiary alicyclic amines) is 1. The van der Waals surface area contributed by atoms with E-state index in [0.29, 0.717) is 30.1 Å². The molecule has 0 spiro atoms. The zero-order chi connectivity index (χ0) is 22.0. The van der Waals surface area contributed by atoms with Gasteiger partial charge in [0.1, 0.15) is 17.1 Å². The molecule has 0 N–H and O–H groups in total. The van der Waals surface area contributed by atoms with Crippen LogP contribution in [0.25, 0.3) is 11.4 Å². The zero-order valence-electron chi connectivity index (χ0n) is 18.5. The minimum absolute atomic E-state index is 0.00320. The van der Waals surface area contributed by atoms with E-state index in [0.717, 1.165) is 42.2 Å². The molecule has 0 aliphatic carbocycles. The van der Waals surface area contributed by atoms with Gasteiger partial charge in [-0.3, -0.25) is 9.78 Å². The number of pyridine rings is 1. The topological polar surface area (TPSA) is 88.3 Å². The molecule has 4 rings (SSSR count). The lowest BCUT2D eigenvalue weighted by Gasteiger charge is -2.33. The number of aryl methyl sites for hydroxylation is 2. The van der Waals surface area contributed by atoms with Gasteiger partial charge in [-0.15, -0.1) is 0 Å². The first-order chi connectivity index (χ1) is 15.0. The Balaban J connectivity index is 1.64. The van der Waals surface area contributed by atoms with Gasteiger partial charge in [0.15, 0.2) is 5.82 Å². The third-order valence-electron chi connectivity index (χ3n) is 5.74. The summed E-state index contributed by atoms with van der Waals surface area (Å²) in [5, 5.41) is 4.05. The van der Waals surface area contributed by atoms with Crippen molar-refractivity contribution in [1.82, 2.24) is 25.0 Å². The molecule has 3 aromatic heterocycles. The van der Waals surface area contributed by atoms with Crippen molar-refractivity contribution in [3.05, 3.63) is 53.3 Å². The molecule has 0 bridgehead atoms. The van der Waals surface area contributed by atoms with Crippen LogP contribution in [-0.4, -0.2) is 58.1 Å². The van der Waals surface area contributed by atoms with Crippen LogP contribution in [-0.2, 0) is 6.42 Å². The first kappa shape index (κ1) is 21.0. The van der Waals surface area contributed by atoms with Gasteiger partial charge in [-0.05, 0) is 38.3 Å². The molecular weight excluding hydrogens is 392 g/mol. The Morgan fingerprint density at radius 2 is 2.03 bits per heavy atom. The van der Waals surface area contributed by atoms with E-state index in [4.69, 9.17) is 14.5 Å². The maximum absolute atomic E-state index is 13.3. The number of aromatic nitrogens is 4. The van der Waals surface area contributed by atoms with Gasteiger partial charge in [0.2, 0.25) is 0 Å². The summed E-state index contributed by atoms with van der Waals surface area (Å²) in [6, 6.07) is 5.86. The first-order valence-corrected chi connectivity index (χ1v) is 10.7. The Kier molecular flexibility index (Phi) is 5.97. The fourth-order valence-electron chi connectivity index (χ4n) is 4.02. The molecule has 0 unspecified atom stereocenters. The van der Waals surface area contributed by atoms with Crippen molar-refractivity contribution in [2.45, 2.75) is 39.0 Å². The highest BCUT2D eigenvalue weighted by molar-refractivity contribution is 5.96. The molecule has 1 atom stereocenters. The highest BCUT2D eigenvalue weighted by Gasteiger charge is 2.30. The number of nitrogens with zero attached hydrogens (tertiary/aromatic N) is 6. The molecular formula is C23H28N6O2. The average Bonchev–Trinajstić information content (AvgIpc) is 3.19. The summed E-state index contributed by atoms with van der Waals surface area (Å²) in [4.78, 5) is 30.9. The van der Waals surface area contributed by atoms with E-state index in [9.17, 15) is 4.79 Å². The molecule has 162 valence electrons. The van der Waals surface area contributed by atoms with E-state index in [1.165, 1.54) is 0 Å². The first-order valence-electron chi connectivity index (χ1n) is 10.7. The lowest BCUT2D eigenvalue weighted by atomic mass is 9.93. The minimum atomic E-state index is -0.00320.